The Morgan fingerprint density at radius 2 is 1.48 bits per heavy atom. The fourth-order valence-corrected chi connectivity index (χ4v) is 3.51. The maximum absolute atomic E-state index is 3.91. The Bertz CT molecular complexity index is 495. The zero-order valence-corrected chi connectivity index (χ0v) is 12.8. The van der Waals surface area contributed by atoms with Crippen molar-refractivity contribution >= 4 is 0 Å². The maximum atomic E-state index is 3.91. The predicted octanol–water partition coefficient (Wildman–Crippen LogP) is 4.94. The Morgan fingerprint density at radius 1 is 0.905 bits per heavy atom. The van der Waals surface area contributed by atoms with Gasteiger partial charge < -0.3 is 5.32 Å². The van der Waals surface area contributed by atoms with Gasteiger partial charge in [0.25, 0.3) is 0 Å². The van der Waals surface area contributed by atoms with Crippen LogP contribution in [0.3, 0.4) is 0 Å². The molecule has 0 saturated heterocycles. The Hall–Kier alpha value is -1.60. The van der Waals surface area contributed by atoms with Crippen molar-refractivity contribution in [3.05, 3.63) is 71.8 Å². The summed E-state index contributed by atoms with van der Waals surface area (Å²) >= 11 is 0. The minimum absolute atomic E-state index is 0.313. The summed E-state index contributed by atoms with van der Waals surface area (Å²) in [5.74, 6) is 0.912. The second-order valence-corrected chi connectivity index (χ2v) is 6.21. The highest BCUT2D eigenvalue weighted by atomic mass is 15.0. The summed E-state index contributed by atoms with van der Waals surface area (Å²) < 4.78 is 0. The predicted molar refractivity (Wildman–Crippen MR) is 89.3 cm³/mol. The Labute approximate surface area is 128 Å². The van der Waals surface area contributed by atoms with Gasteiger partial charge in [0.1, 0.15) is 0 Å². The minimum atomic E-state index is 0.313. The molecule has 3 rings (SSSR count). The molecule has 1 fully saturated rings. The van der Waals surface area contributed by atoms with Gasteiger partial charge in [-0.25, -0.2) is 0 Å². The number of hydrogen-bond donors (Lipinski definition) is 1. The fourth-order valence-electron chi connectivity index (χ4n) is 3.51. The highest BCUT2D eigenvalue weighted by Gasteiger charge is 2.26. The molecule has 2 unspecified atom stereocenters. The lowest BCUT2D eigenvalue weighted by molar-refractivity contribution is 0.450. The largest absolute Gasteiger partial charge is 0.303 e. The smallest absolute Gasteiger partial charge is 0.0578 e. The summed E-state index contributed by atoms with van der Waals surface area (Å²) in [4.78, 5) is 0. The third-order valence-electron chi connectivity index (χ3n) is 4.79. The highest BCUT2D eigenvalue weighted by Crippen LogP contribution is 2.31. The molecule has 1 saturated carbocycles. The molecule has 0 radical (unpaired) electrons. The molecule has 0 bridgehead atoms. The first-order chi connectivity index (χ1) is 10.4. The van der Waals surface area contributed by atoms with Gasteiger partial charge in [-0.2, -0.15) is 0 Å². The molecular weight excluding hydrogens is 254 g/mol. The molecular formula is C20H25N. The first-order valence-corrected chi connectivity index (χ1v) is 8.22. The van der Waals surface area contributed by atoms with Gasteiger partial charge in [0.15, 0.2) is 0 Å². The summed E-state index contributed by atoms with van der Waals surface area (Å²) in [6, 6.07) is 22.6. The van der Waals surface area contributed by atoms with Crippen molar-refractivity contribution in [1.29, 1.82) is 0 Å². The molecule has 0 heterocycles. The molecule has 2 aromatic rings. The molecule has 0 spiro atoms. The van der Waals surface area contributed by atoms with Gasteiger partial charge in [-0.15, -0.1) is 0 Å². The monoisotopic (exact) mass is 279 g/mol. The van der Waals surface area contributed by atoms with Gasteiger partial charge in [-0.05, 0) is 36.3 Å². The molecule has 2 atom stereocenters. The lowest BCUT2D eigenvalue weighted by Gasteiger charge is -2.24. The minimum Gasteiger partial charge on any atom is -0.303 e. The Balaban J connectivity index is 1.80. The van der Waals surface area contributed by atoms with Crippen LogP contribution >= 0.6 is 0 Å². The third-order valence-corrected chi connectivity index (χ3v) is 4.79. The van der Waals surface area contributed by atoms with E-state index in [0.717, 1.165) is 5.92 Å². The molecule has 0 aliphatic heterocycles. The van der Waals surface area contributed by atoms with E-state index in [0.29, 0.717) is 12.1 Å². The van der Waals surface area contributed by atoms with Crippen LogP contribution in [-0.2, 0) is 0 Å². The van der Waals surface area contributed by atoms with Gasteiger partial charge in [-0.1, -0.05) is 74.0 Å². The second kappa shape index (κ2) is 6.91. The molecule has 1 aliphatic rings. The Kier molecular flexibility index (Phi) is 4.72. The van der Waals surface area contributed by atoms with E-state index < -0.39 is 0 Å². The van der Waals surface area contributed by atoms with Crippen LogP contribution in [0.5, 0.6) is 0 Å². The molecule has 1 N–H and O–H groups in total. The zero-order chi connectivity index (χ0) is 14.5. The van der Waals surface area contributed by atoms with Crippen molar-refractivity contribution in [2.24, 2.45) is 5.92 Å². The van der Waals surface area contributed by atoms with Crippen LogP contribution in [0.15, 0.2) is 60.7 Å². The first kappa shape index (κ1) is 14.3. The SMILES string of the molecule is CCC1CCC(NC(c2ccccc2)c2ccccc2)C1. The van der Waals surface area contributed by atoms with E-state index in [1.165, 1.54) is 36.8 Å². The molecule has 2 aromatic carbocycles. The van der Waals surface area contributed by atoms with E-state index in [2.05, 4.69) is 72.9 Å². The van der Waals surface area contributed by atoms with E-state index in [1.807, 2.05) is 0 Å². The summed E-state index contributed by atoms with van der Waals surface area (Å²) in [6.45, 7) is 2.32. The van der Waals surface area contributed by atoms with Gasteiger partial charge in [0.05, 0.1) is 6.04 Å². The molecule has 0 aromatic heterocycles. The molecule has 1 heteroatoms. The lowest BCUT2D eigenvalue weighted by Crippen LogP contribution is -2.31. The van der Waals surface area contributed by atoms with Crippen LogP contribution in [0.25, 0.3) is 0 Å². The second-order valence-electron chi connectivity index (χ2n) is 6.21. The molecule has 1 nitrogen and oxygen atoms in total. The highest BCUT2D eigenvalue weighted by molar-refractivity contribution is 5.31. The van der Waals surface area contributed by atoms with Gasteiger partial charge in [-0.3, -0.25) is 0 Å². The van der Waals surface area contributed by atoms with E-state index in [9.17, 15) is 0 Å². The van der Waals surface area contributed by atoms with Crippen molar-refractivity contribution in [3.63, 3.8) is 0 Å². The maximum Gasteiger partial charge on any atom is 0.0578 e. The standard InChI is InChI=1S/C20H25N/c1-2-16-13-14-19(15-16)21-20(17-9-5-3-6-10-17)18-11-7-4-8-12-18/h3-12,16,19-21H,2,13-15H2,1H3. The number of hydrogen-bond acceptors (Lipinski definition) is 1. The van der Waals surface area contributed by atoms with Crippen LogP contribution in [0.4, 0.5) is 0 Å². The zero-order valence-electron chi connectivity index (χ0n) is 12.8. The average Bonchev–Trinajstić information content (AvgIpc) is 3.02. The van der Waals surface area contributed by atoms with Crippen molar-refractivity contribution in [1.82, 2.24) is 5.32 Å². The van der Waals surface area contributed by atoms with Gasteiger partial charge in [0, 0.05) is 6.04 Å². The molecule has 0 amide bonds. The van der Waals surface area contributed by atoms with Crippen LogP contribution < -0.4 is 5.32 Å². The molecule has 21 heavy (non-hydrogen) atoms. The topological polar surface area (TPSA) is 12.0 Å². The Morgan fingerprint density at radius 3 is 1.95 bits per heavy atom. The summed E-state index contributed by atoms with van der Waals surface area (Å²) in [5.41, 5.74) is 2.73. The quantitative estimate of drug-likeness (QED) is 0.817. The van der Waals surface area contributed by atoms with Crippen molar-refractivity contribution in [3.8, 4) is 0 Å². The lowest BCUT2D eigenvalue weighted by atomic mass is 9.97. The fraction of sp³-hybridized carbons (Fsp3) is 0.400. The first-order valence-electron chi connectivity index (χ1n) is 8.22. The van der Waals surface area contributed by atoms with E-state index in [4.69, 9.17) is 0 Å². The summed E-state index contributed by atoms with van der Waals surface area (Å²) in [6.07, 6.45) is 5.34. The van der Waals surface area contributed by atoms with E-state index in [1.54, 1.807) is 0 Å². The normalized spacial score (nSPS) is 21.8. The number of rotatable bonds is 5. The van der Waals surface area contributed by atoms with Crippen LogP contribution in [0.2, 0.25) is 0 Å². The van der Waals surface area contributed by atoms with Crippen LogP contribution in [-0.4, -0.2) is 6.04 Å². The summed E-state index contributed by atoms with van der Waals surface area (Å²) in [5, 5.41) is 3.91. The van der Waals surface area contributed by atoms with Crippen LogP contribution in [0, 0.1) is 5.92 Å². The summed E-state index contributed by atoms with van der Waals surface area (Å²) in [7, 11) is 0. The van der Waals surface area contributed by atoms with Crippen molar-refractivity contribution in [2.75, 3.05) is 0 Å². The van der Waals surface area contributed by atoms with Crippen molar-refractivity contribution < 1.29 is 0 Å². The van der Waals surface area contributed by atoms with Gasteiger partial charge >= 0.3 is 0 Å². The number of benzene rings is 2. The molecule has 110 valence electrons. The third kappa shape index (κ3) is 3.54. The van der Waals surface area contributed by atoms with Gasteiger partial charge in [0.2, 0.25) is 0 Å². The van der Waals surface area contributed by atoms with E-state index in [-0.39, 0.29) is 0 Å². The average molecular weight is 279 g/mol. The van der Waals surface area contributed by atoms with E-state index >= 15 is 0 Å². The molecule has 1 aliphatic carbocycles. The van der Waals surface area contributed by atoms with Crippen molar-refractivity contribution in [2.45, 2.75) is 44.7 Å². The number of nitrogens with one attached hydrogen (secondary N) is 1. The van der Waals surface area contributed by atoms with Crippen LogP contribution in [0.1, 0.15) is 49.8 Å².